The zero-order valence-electron chi connectivity index (χ0n) is 12.6. The molecule has 0 amide bonds. The van der Waals surface area contributed by atoms with Gasteiger partial charge in [-0.15, -0.1) is 0 Å². The fourth-order valence-electron chi connectivity index (χ4n) is 1.77. The van der Waals surface area contributed by atoms with Crippen LogP contribution in [0.5, 0.6) is 5.75 Å². The second kappa shape index (κ2) is 7.91. The van der Waals surface area contributed by atoms with Gasteiger partial charge in [0.2, 0.25) is 0 Å². The van der Waals surface area contributed by atoms with E-state index in [1.165, 1.54) is 18.4 Å². The number of unbranched alkanes of at least 4 members (excludes halogenated alkanes) is 2. The molecule has 0 saturated carbocycles. The summed E-state index contributed by atoms with van der Waals surface area (Å²) >= 11 is 3.53. The van der Waals surface area contributed by atoms with Gasteiger partial charge >= 0.3 is 0 Å². The number of nitrogens with one attached hydrogen (secondary N) is 1. The van der Waals surface area contributed by atoms with E-state index in [0.717, 1.165) is 29.8 Å². The number of rotatable bonds is 7. The number of hydrogen-bond acceptors (Lipinski definition) is 2. The predicted molar refractivity (Wildman–Crippen MR) is 86.0 cm³/mol. The molecule has 1 N–H and O–H groups in total. The third-order valence-corrected chi connectivity index (χ3v) is 3.44. The van der Waals surface area contributed by atoms with E-state index in [9.17, 15) is 0 Å². The van der Waals surface area contributed by atoms with Gasteiger partial charge in [-0.1, -0.05) is 6.07 Å². The van der Waals surface area contributed by atoms with Crippen LogP contribution >= 0.6 is 15.9 Å². The molecule has 0 atom stereocenters. The van der Waals surface area contributed by atoms with E-state index < -0.39 is 0 Å². The third kappa shape index (κ3) is 7.58. The average Bonchev–Trinajstić information content (AvgIpc) is 2.29. The molecule has 108 valence electrons. The Kier molecular flexibility index (Phi) is 6.87. The van der Waals surface area contributed by atoms with Crippen molar-refractivity contribution in [1.82, 2.24) is 5.32 Å². The van der Waals surface area contributed by atoms with Crippen LogP contribution in [0.1, 0.15) is 45.6 Å². The molecule has 2 nitrogen and oxygen atoms in total. The first-order valence-corrected chi connectivity index (χ1v) is 7.82. The summed E-state index contributed by atoms with van der Waals surface area (Å²) in [6.45, 7) is 10.5. The van der Waals surface area contributed by atoms with E-state index in [1.807, 2.05) is 6.07 Å². The summed E-state index contributed by atoms with van der Waals surface area (Å²) in [7, 11) is 0. The van der Waals surface area contributed by atoms with E-state index in [-0.39, 0.29) is 5.54 Å². The van der Waals surface area contributed by atoms with Crippen molar-refractivity contribution in [2.75, 3.05) is 13.2 Å². The quantitative estimate of drug-likeness (QED) is 0.733. The summed E-state index contributed by atoms with van der Waals surface area (Å²) in [5.74, 6) is 0.943. The van der Waals surface area contributed by atoms with Crippen molar-refractivity contribution in [2.45, 2.75) is 52.5 Å². The molecule has 1 aromatic rings. The van der Waals surface area contributed by atoms with Gasteiger partial charge in [0, 0.05) is 5.54 Å². The third-order valence-electron chi connectivity index (χ3n) is 2.82. The largest absolute Gasteiger partial charge is 0.492 e. The molecule has 0 aromatic heterocycles. The molecule has 19 heavy (non-hydrogen) atoms. The molecule has 0 radical (unpaired) electrons. The van der Waals surface area contributed by atoms with Crippen LogP contribution in [-0.4, -0.2) is 18.7 Å². The van der Waals surface area contributed by atoms with Gasteiger partial charge < -0.3 is 10.1 Å². The standard InChI is InChI=1S/C16H26BrNO/c1-13-8-9-15(14(17)12-13)19-11-7-5-6-10-18-16(2,3)4/h8-9,12,18H,5-7,10-11H2,1-4H3. The second-order valence-electron chi connectivity index (χ2n) is 6.02. The minimum atomic E-state index is 0.225. The van der Waals surface area contributed by atoms with E-state index >= 15 is 0 Å². The van der Waals surface area contributed by atoms with Crippen molar-refractivity contribution in [2.24, 2.45) is 0 Å². The van der Waals surface area contributed by atoms with Crippen LogP contribution in [-0.2, 0) is 0 Å². The van der Waals surface area contributed by atoms with Gasteiger partial charge in [-0.3, -0.25) is 0 Å². The lowest BCUT2D eigenvalue weighted by Crippen LogP contribution is -2.36. The van der Waals surface area contributed by atoms with Crippen LogP contribution in [0, 0.1) is 6.92 Å². The summed E-state index contributed by atoms with van der Waals surface area (Å²) in [5.41, 5.74) is 1.47. The smallest absolute Gasteiger partial charge is 0.133 e. The van der Waals surface area contributed by atoms with Crippen LogP contribution in [0.3, 0.4) is 0 Å². The van der Waals surface area contributed by atoms with Crippen molar-refractivity contribution in [1.29, 1.82) is 0 Å². The van der Waals surface area contributed by atoms with Gasteiger partial charge in [0.05, 0.1) is 11.1 Å². The van der Waals surface area contributed by atoms with Crippen molar-refractivity contribution in [3.8, 4) is 5.75 Å². The molecule has 0 aliphatic carbocycles. The average molecular weight is 328 g/mol. The van der Waals surface area contributed by atoms with Crippen LogP contribution in [0.15, 0.2) is 22.7 Å². The summed E-state index contributed by atoms with van der Waals surface area (Å²) in [6, 6.07) is 6.19. The zero-order valence-corrected chi connectivity index (χ0v) is 14.1. The fourth-order valence-corrected chi connectivity index (χ4v) is 2.38. The van der Waals surface area contributed by atoms with Crippen molar-refractivity contribution in [3.63, 3.8) is 0 Å². The maximum absolute atomic E-state index is 5.77. The Hall–Kier alpha value is -0.540. The van der Waals surface area contributed by atoms with E-state index in [1.54, 1.807) is 0 Å². The Balaban J connectivity index is 2.11. The first-order valence-electron chi connectivity index (χ1n) is 7.02. The maximum Gasteiger partial charge on any atom is 0.133 e. The summed E-state index contributed by atoms with van der Waals surface area (Å²) < 4.78 is 6.82. The summed E-state index contributed by atoms with van der Waals surface area (Å²) in [5, 5.41) is 3.50. The Bertz CT molecular complexity index is 385. The van der Waals surface area contributed by atoms with Crippen LogP contribution in [0.25, 0.3) is 0 Å². The lowest BCUT2D eigenvalue weighted by molar-refractivity contribution is 0.301. The first-order chi connectivity index (χ1) is 8.88. The monoisotopic (exact) mass is 327 g/mol. The molecule has 0 spiro atoms. The molecular formula is C16H26BrNO. The highest BCUT2D eigenvalue weighted by molar-refractivity contribution is 9.10. The molecule has 0 aliphatic heterocycles. The van der Waals surface area contributed by atoms with Crippen LogP contribution in [0.4, 0.5) is 0 Å². The number of aryl methyl sites for hydroxylation is 1. The van der Waals surface area contributed by atoms with Crippen LogP contribution < -0.4 is 10.1 Å². The lowest BCUT2D eigenvalue weighted by Gasteiger charge is -2.20. The zero-order chi connectivity index (χ0) is 14.3. The first kappa shape index (κ1) is 16.5. The number of halogens is 1. The van der Waals surface area contributed by atoms with E-state index in [0.29, 0.717) is 0 Å². The van der Waals surface area contributed by atoms with Crippen molar-refractivity contribution >= 4 is 15.9 Å². The van der Waals surface area contributed by atoms with Gasteiger partial charge in [0.25, 0.3) is 0 Å². The highest BCUT2D eigenvalue weighted by Crippen LogP contribution is 2.25. The fraction of sp³-hybridized carbons (Fsp3) is 0.625. The maximum atomic E-state index is 5.77. The van der Waals surface area contributed by atoms with Crippen LogP contribution in [0.2, 0.25) is 0 Å². The topological polar surface area (TPSA) is 21.3 Å². The summed E-state index contributed by atoms with van der Waals surface area (Å²) in [6.07, 6.45) is 3.51. The molecule has 0 saturated heterocycles. The molecule has 1 rings (SSSR count). The van der Waals surface area contributed by atoms with Crippen molar-refractivity contribution in [3.05, 3.63) is 28.2 Å². The Morgan fingerprint density at radius 1 is 1.16 bits per heavy atom. The Morgan fingerprint density at radius 2 is 1.89 bits per heavy atom. The highest BCUT2D eigenvalue weighted by Gasteiger charge is 2.07. The SMILES string of the molecule is Cc1ccc(OCCCCCNC(C)(C)C)c(Br)c1. The van der Waals surface area contributed by atoms with Gasteiger partial charge in [0.15, 0.2) is 0 Å². The van der Waals surface area contributed by atoms with Gasteiger partial charge in [0.1, 0.15) is 5.75 Å². The van der Waals surface area contributed by atoms with Gasteiger partial charge in [-0.2, -0.15) is 0 Å². The predicted octanol–water partition coefficient (Wildman–Crippen LogP) is 4.69. The Morgan fingerprint density at radius 3 is 2.53 bits per heavy atom. The minimum absolute atomic E-state index is 0.225. The molecule has 0 bridgehead atoms. The second-order valence-corrected chi connectivity index (χ2v) is 6.87. The molecule has 0 heterocycles. The molecule has 0 unspecified atom stereocenters. The molecular weight excluding hydrogens is 302 g/mol. The normalized spacial score (nSPS) is 11.6. The molecule has 0 fully saturated rings. The van der Waals surface area contributed by atoms with Crippen molar-refractivity contribution < 1.29 is 4.74 Å². The number of ether oxygens (including phenoxy) is 1. The molecule has 0 aliphatic rings. The molecule has 1 aromatic carbocycles. The van der Waals surface area contributed by atoms with Gasteiger partial charge in [-0.05, 0) is 87.1 Å². The Labute approximate surface area is 126 Å². The van der Waals surface area contributed by atoms with E-state index in [2.05, 4.69) is 61.1 Å². The van der Waals surface area contributed by atoms with E-state index in [4.69, 9.17) is 4.74 Å². The molecule has 3 heteroatoms. The minimum Gasteiger partial charge on any atom is -0.492 e. The summed E-state index contributed by atoms with van der Waals surface area (Å²) in [4.78, 5) is 0. The highest BCUT2D eigenvalue weighted by atomic mass is 79.9. The van der Waals surface area contributed by atoms with Gasteiger partial charge in [-0.25, -0.2) is 0 Å². The number of hydrogen-bond donors (Lipinski definition) is 1. The lowest BCUT2D eigenvalue weighted by atomic mass is 10.1. The number of benzene rings is 1.